The smallest absolute Gasteiger partial charge is 0.354 e. The van der Waals surface area contributed by atoms with E-state index < -0.39 is 98.6 Å². The molecule has 5 heterocycles. The Hall–Kier alpha value is -7.62. The van der Waals surface area contributed by atoms with Gasteiger partial charge in [0.15, 0.2) is 0 Å². The molecule has 16 heteroatoms. The topological polar surface area (TPSA) is 52.3 Å². The van der Waals surface area contributed by atoms with Crippen LogP contribution in [0.5, 0.6) is 0 Å². The molecule has 4 aromatic heterocycles. The van der Waals surface area contributed by atoms with Gasteiger partial charge in [-0.2, -0.15) is 52.7 Å². The summed E-state index contributed by atoms with van der Waals surface area (Å²) in [6, 6.07) is 32.9. The predicted octanol–water partition coefficient (Wildman–Crippen LogP) is 11.0. The summed E-state index contributed by atoms with van der Waals surface area (Å²) in [6.07, 6.45) is -21.7. The van der Waals surface area contributed by atoms with Crippen molar-refractivity contribution in [1.82, 2.24) is 19.5 Å². The molecule has 0 saturated heterocycles. The maximum absolute atomic E-state index is 16.0. The molecule has 0 amide bonds. The van der Waals surface area contributed by atoms with Crippen LogP contribution in [0.25, 0.3) is 22.3 Å². The van der Waals surface area contributed by atoms with Crippen molar-refractivity contribution >= 4 is 22.3 Å². The molecule has 1 aliphatic rings. The summed E-state index contributed by atoms with van der Waals surface area (Å²) >= 11 is 0. The van der Waals surface area contributed by atoms with Crippen LogP contribution in [-0.2, 0) is 31.2 Å². The largest absolute Gasteiger partial charge is 0.419 e. The number of nitrogens with zero attached hydrogens (tertiary/aromatic N) is 1. The molecule has 340 valence electrons. The molecule has 3 N–H and O–H groups in total. The summed E-state index contributed by atoms with van der Waals surface area (Å²) in [5, 5.41) is -1.26. The Morgan fingerprint density at radius 2 is 0.627 bits per heavy atom. The van der Waals surface area contributed by atoms with Gasteiger partial charge in [0.25, 0.3) is 0 Å². The number of fused-ring (bicyclic) bond motifs is 8. The third-order valence-corrected chi connectivity index (χ3v) is 11.4. The minimum Gasteiger partial charge on any atom is -0.354 e. The van der Waals surface area contributed by atoms with Gasteiger partial charge >= 0.3 is 24.7 Å². The molecule has 8 bridgehead atoms. The second-order valence-electron chi connectivity index (χ2n) is 15.5. The van der Waals surface area contributed by atoms with Crippen molar-refractivity contribution in [3.63, 3.8) is 0 Å². The zero-order valence-electron chi connectivity index (χ0n) is 34.3. The Morgan fingerprint density at radius 1 is 0.358 bits per heavy atom. The second-order valence-corrected chi connectivity index (χ2v) is 15.5. The summed E-state index contributed by atoms with van der Waals surface area (Å²) in [7, 11) is 0. The number of nitrogens with one attached hydrogen (secondary N) is 3. The Labute approximate surface area is 371 Å². The Kier molecular flexibility index (Phi) is 10.9. The van der Waals surface area contributed by atoms with Gasteiger partial charge in [0, 0.05) is 50.2 Å². The van der Waals surface area contributed by atoms with Crippen LogP contribution in [0.15, 0.2) is 158 Å². The van der Waals surface area contributed by atoms with E-state index in [0.29, 0.717) is 0 Å². The number of alkyl halides is 12. The molecular weight excluding hydrogens is 897 g/mol. The van der Waals surface area contributed by atoms with Gasteiger partial charge in [-0.25, -0.2) is 0 Å². The Bertz CT molecular complexity index is 3200. The van der Waals surface area contributed by atoms with Gasteiger partial charge in [0.1, 0.15) is 0 Å². The van der Waals surface area contributed by atoms with E-state index in [2.05, 4.69) is 21.5 Å². The summed E-state index contributed by atoms with van der Waals surface area (Å²) in [6.45, 7) is 3.06. The van der Waals surface area contributed by atoms with Gasteiger partial charge in [-0.1, -0.05) is 127 Å². The molecule has 9 rings (SSSR count). The quantitative estimate of drug-likeness (QED) is 0.110. The van der Waals surface area contributed by atoms with Crippen molar-refractivity contribution in [2.75, 3.05) is 0 Å². The van der Waals surface area contributed by atoms with E-state index in [4.69, 9.17) is 0 Å². The first-order valence-corrected chi connectivity index (χ1v) is 20.3. The van der Waals surface area contributed by atoms with Gasteiger partial charge in [-0.3, -0.25) is 0 Å². The predicted molar refractivity (Wildman–Crippen MR) is 228 cm³/mol. The van der Waals surface area contributed by atoms with E-state index >= 15 is 52.7 Å². The number of aromatic nitrogens is 4. The lowest BCUT2D eigenvalue weighted by molar-refractivity contribution is -0.161. The first-order chi connectivity index (χ1) is 31.8. The minimum atomic E-state index is -5.71. The molecule has 0 unspecified atom stereocenters. The molecule has 0 spiro atoms. The number of aromatic amines is 3. The van der Waals surface area contributed by atoms with E-state index in [1.165, 1.54) is 133 Å². The normalized spacial score (nSPS) is 16.9. The molecule has 0 saturated carbocycles. The van der Waals surface area contributed by atoms with Crippen LogP contribution in [0, 0.1) is 0 Å². The third-order valence-electron chi connectivity index (χ3n) is 11.4. The van der Waals surface area contributed by atoms with Crippen molar-refractivity contribution in [2.45, 2.75) is 31.2 Å². The fourth-order valence-corrected chi connectivity index (χ4v) is 8.95. The number of H-pyrrole nitrogens is 3. The zero-order chi connectivity index (χ0) is 47.6. The summed E-state index contributed by atoms with van der Waals surface area (Å²) in [5.41, 5.74) is -14.4. The van der Waals surface area contributed by atoms with Gasteiger partial charge in [-0.05, 0) is 46.5 Å². The molecule has 0 atom stereocenters. The Morgan fingerprint density at radius 3 is 0.896 bits per heavy atom. The number of hydrogen-bond acceptors (Lipinski definition) is 0. The van der Waals surface area contributed by atoms with E-state index in [1.807, 2.05) is 0 Å². The van der Waals surface area contributed by atoms with Crippen LogP contribution in [0.3, 0.4) is 0 Å². The second kappa shape index (κ2) is 16.4. The van der Waals surface area contributed by atoms with Gasteiger partial charge in [0.2, 0.25) is 0 Å². The Balaban J connectivity index is 1.68. The molecule has 8 aromatic rings. The average Bonchev–Trinajstić information content (AvgIpc) is 4.09. The fraction of sp³-hybridized carbons (Fsp3) is 0.0980. The highest BCUT2D eigenvalue weighted by Crippen LogP contribution is 2.51. The van der Waals surface area contributed by atoms with Crippen LogP contribution in [0.4, 0.5) is 52.7 Å². The summed E-state index contributed by atoms with van der Waals surface area (Å²) in [4.78, 5) is 8.27. The molecule has 0 aliphatic carbocycles. The van der Waals surface area contributed by atoms with E-state index in [0.717, 1.165) is 22.8 Å². The van der Waals surface area contributed by atoms with E-state index in [9.17, 15) is 0 Å². The van der Waals surface area contributed by atoms with Crippen molar-refractivity contribution in [3.05, 3.63) is 247 Å². The van der Waals surface area contributed by atoms with Crippen molar-refractivity contribution in [3.8, 4) is 0 Å². The van der Waals surface area contributed by atoms with Crippen molar-refractivity contribution in [2.24, 2.45) is 0 Å². The zero-order valence-corrected chi connectivity index (χ0v) is 34.3. The van der Waals surface area contributed by atoms with Gasteiger partial charge < -0.3 is 19.5 Å². The van der Waals surface area contributed by atoms with E-state index in [-0.39, 0.29) is 43.7 Å². The van der Waals surface area contributed by atoms with Crippen LogP contribution >= 0.6 is 0 Å². The number of allylic oxidation sites excluding steroid dienone is 1. The van der Waals surface area contributed by atoms with Crippen molar-refractivity contribution < 1.29 is 52.7 Å². The fourth-order valence-electron chi connectivity index (χ4n) is 8.95. The van der Waals surface area contributed by atoms with Crippen LogP contribution in [0.2, 0.25) is 0 Å². The highest BCUT2D eigenvalue weighted by molar-refractivity contribution is 5.89. The number of hydrogen-bond donors (Lipinski definition) is 3. The van der Waals surface area contributed by atoms with Crippen LogP contribution < -0.4 is 21.4 Å². The molecule has 4 aromatic carbocycles. The van der Waals surface area contributed by atoms with Gasteiger partial charge in [-0.15, -0.1) is 6.58 Å². The number of benzene rings is 4. The SMILES string of the molecule is C=CCn1c2c(C(F)(F)F)c(C(F)(F)F)c1/C(c1ccccc1)=c1/cc/c([nH]1)=C(\c1ccccc1)c1[nH]c(c(C(F)(F)F)c1C(F)(F)F)/C(c1ccccc1)=c1/cc/c([nH]1)=C/2c1ccccc1. The maximum Gasteiger partial charge on any atom is 0.419 e. The lowest BCUT2D eigenvalue weighted by atomic mass is 9.94. The molecule has 67 heavy (non-hydrogen) atoms. The third kappa shape index (κ3) is 7.89. The summed E-state index contributed by atoms with van der Waals surface area (Å²) < 4.78 is 191. The first kappa shape index (κ1) is 44.6. The highest BCUT2D eigenvalue weighted by Gasteiger charge is 2.52. The highest BCUT2D eigenvalue weighted by atomic mass is 19.4. The lowest BCUT2D eigenvalue weighted by Gasteiger charge is -2.18. The maximum atomic E-state index is 16.0. The van der Waals surface area contributed by atoms with Crippen LogP contribution in [-0.4, -0.2) is 19.5 Å². The molecule has 0 radical (unpaired) electrons. The number of halogens is 12. The van der Waals surface area contributed by atoms with E-state index in [1.54, 1.807) is 0 Å². The summed E-state index contributed by atoms with van der Waals surface area (Å²) in [5.74, 6) is 0. The first-order valence-electron chi connectivity index (χ1n) is 20.3. The van der Waals surface area contributed by atoms with Crippen LogP contribution in [0.1, 0.15) is 67.3 Å². The van der Waals surface area contributed by atoms with Crippen molar-refractivity contribution in [1.29, 1.82) is 0 Å². The molecule has 0 fully saturated rings. The van der Waals surface area contributed by atoms with Gasteiger partial charge in [0.05, 0.1) is 45.0 Å². The molecular formula is C51H32F12N4. The standard InChI is InChI=1S/C51H32F12N4/c1-2-27-67-46-38(30-19-11-5-12-20-30)34-25-23-32(64-34)36(28-15-7-3-8-16-28)44-40(48(52,53)54)41(49(55,56)57)45(66-44)37(29-17-9-4-10-18-29)33-24-26-35(65-33)39(31-21-13-6-14-22-31)47(67)43(51(61,62)63)42(46)50(58,59)60/h2-26,64-66H,1,27H2/b36-32-,37-33-,38-34-,39-35-,44-36?,45-37?,46-38?,47-39?. The minimum absolute atomic E-state index is 0.0464. The lowest BCUT2D eigenvalue weighted by Crippen LogP contribution is -2.22. The monoisotopic (exact) mass is 928 g/mol. The molecule has 4 nitrogen and oxygen atoms in total. The average molecular weight is 929 g/mol. The molecule has 1 aliphatic heterocycles. The number of rotatable bonds is 6.